The first-order valence-corrected chi connectivity index (χ1v) is 7.68. The normalized spacial score (nSPS) is 11.6. The number of nitrogens with one attached hydrogen (secondary N) is 2. The van der Waals surface area contributed by atoms with Crippen LogP contribution in [0.3, 0.4) is 0 Å². The Morgan fingerprint density at radius 2 is 2.17 bits per heavy atom. The minimum absolute atomic E-state index is 0.168. The van der Waals surface area contributed by atoms with Crippen LogP contribution in [0, 0.1) is 6.92 Å². The van der Waals surface area contributed by atoms with E-state index in [4.69, 9.17) is 4.74 Å². The molecule has 0 saturated carbocycles. The van der Waals surface area contributed by atoms with Crippen LogP contribution in [0.1, 0.15) is 31.1 Å². The molecule has 2 aromatic heterocycles. The number of nitrogens with zero attached hydrogens (tertiary/aromatic N) is 3. The summed E-state index contributed by atoms with van der Waals surface area (Å²) in [6.07, 6.45) is 3.39. The Kier molecular flexibility index (Phi) is 5.89. The van der Waals surface area contributed by atoms with Gasteiger partial charge < -0.3 is 15.4 Å². The van der Waals surface area contributed by atoms with Gasteiger partial charge in [-0.25, -0.2) is 14.5 Å². The third-order valence-electron chi connectivity index (χ3n) is 3.43. The van der Waals surface area contributed by atoms with Crippen LogP contribution in [0.5, 0.6) is 0 Å². The summed E-state index contributed by atoms with van der Waals surface area (Å²) in [5, 5.41) is 9.55. The van der Waals surface area contributed by atoms with Gasteiger partial charge in [0, 0.05) is 17.5 Å². The molecule has 0 radical (unpaired) electrons. The lowest BCUT2D eigenvalue weighted by Crippen LogP contribution is -2.40. The second kappa shape index (κ2) is 8.09. The number of ether oxygens (including phenoxy) is 1. The number of rotatable bonds is 6. The molecule has 0 aromatic carbocycles. The smallest absolute Gasteiger partial charge is 0.325 e. The van der Waals surface area contributed by atoms with E-state index in [1.54, 1.807) is 24.0 Å². The summed E-state index contributed by atoms with van der Waals surface area (Å²) in [5.41, 5.74) is 1.75. The van der Waals surface area contributed by atoms with Crippen molar-refractivity contribution in [3.63, 3.8) is 0 Å². The number of carbonyl (C=O) groups excluding carboxylic acids is 2. The first-order chi connectivity index (χ1) is 11.5. The zero-order valence-electron chi connectivity index (χ0n) is 13.9. The average Bonchev–Trinajstić information content (AvgIpc) is 2.96. The van der Waals surface area contributed by atoms with Gasteiger partial charge in [0.25, 0.3) is 0 Å². The van der Waals surface area contributed by atoms with Gasteiger partial charge in [0.05, 0.1) is 18.8 Å². The van der Waals surface area contributed by atoms with E-state index in [1.807, 2.05) is 32.0 Å². The molecule has 128 valence electrons. The van der Waals surface area contributed by atoms with Crippen LogP contribution >= 0.6 is 0 Å². The molecule has 0 bridgehead atoms. The minimum Gasteiger partial charge on any atom is -0.465 e. The number of esters is 1. The molecule has 0 unspecified atom stereocenters. The van der Waals surface area contributed by atoms with Crippen molar-refractivity contribution >= 4 is 12.0 Å². The first-order valence-electron chi connectivity index (χ1n) is 7.68. The SMILES string of the molecule is CCOC(=O)CNC(=O)N[C@@H](C)c1cnn(-c2ccccn2)c1C. The Bertz CT molecular complexity index is 699. The van der Waals surface area contributed by atoms with Gasteiger partial charge in [0.2, 0.25) is 0 Å². The number of urea groups is 1. The molecule has 0 fully saturated rings. The molecule has 0 aliphatic carbocycles. The van der Waals surface area contributed by atoms with E-state index >= 15 is 0 Å². The zero-order chi connectivity index (χ0) is 17.5. The molecule has 24 heavy (non-hydrogen) atoms. The molecule has 0 spiro atoms. The number of amides is 2. The molecule has 2 heterocycles. The molecule has 2 aromatic rings. The fourth-order valence-electron chi connectivity index (χ4n) is 2.25. The maximum atomic E-state index is 11.9. The van der Waals surface area contributed by atoms with Crippen LogP contribution in [-0.2, 0) is 9.53 Å². The topological polar surface area (TPSA) is 98.1 Å². The zero-order valence-corrected chi connectivity index (χ0v) is 13.9. The third kappa shape index (κ3) is 4.31. The number of hydrogen-bond acceptors (Lipinski definition) is 5. The highest BCUT2D eigenvalue weighted by molar-refractivity contribution is 5.80. The molecule has 2 N–H and O–H groups in total. The average molecular weight is 331 g/mol. The van der Waals surface area contributed by atoms with Gasteiger partial charge in [0.15, 0.2) is 5.82 Å². The minimum atomic E-state index is -0.473. The highest BCUT2D eigenvalue weighted by atomic mass is 16.5. The van der Waals surface area contributed by atoms with E-state index in [9.17, 15) is 9.59 Å². The Morgan fingerprint density at radius 3 is 2.83 bits per heavy atom. The molecular formula is C16H21N5O3. The Balaban J connectivity index is 1.98. The van der Waals surface area contributed by atoms with Crippen LogP contribution < -0.4 is 10.6 Å². The molecule has 8 nitrogen and oxygen atoms in total. The Labute approximate surface area is 140 Å². The maximum absolute atomic E-state index is 11.9. The van der Waals surface area contributed by atoms with Gasteiger partial charge in [-0.15, -0.1) is 0 Å². The molecule has 8 heteroatoms. The lowest BCUT2D eigenvalue weighted by molar-refractivity contribution is -0.141. The first kappa shape index (κ1) is 17.5. The van der Waals surface area contributed by atoms with Crippen molar-refractivity contribution in [1.29, 1.82) is 0 Å². The lowest BCUT2D eigenvalue weighted by Gasteiger charge is -2.14. The van der Waals surface area contributed by atoms with E-state index in [-0.39, 0.29) is 19.2 Å². The van der Waals surface area contributed by atoms with E-state index < -0.39 is 12.0 Å². The van der Waals surface area contributed by atoms with Gasteiger partial charge >= 0.3 is 12.0 Å². The van der Waals surface area contributed by atoms with Crippen LogP contribution in [0.25, 0.3) is 5.82 Å². The van der Waals surface area contributed by atoms with Gasteiger partial charge in [-0.05, 0) is 32.9 Å². The summed E-state index contributed by atoms with van der Waals surface area (Å²) in [6.45, 7) is 5.58. The van der Waals surface area contributed by atoms with Crippen molar-refractivity contribution in [1.82, 2.24) is 25.4 Å². The van der Waals surface area contributed by atoms with Crippen molar-refractivity contribution < 1.29 is 14.3 Å². The summed E-state index contributed by atoms with van der Waals surface area (Å²) >= 11 is 0. The predicted octanol–water partition coefficient (Wildman–Crippen LogP) is 1.50. The number of pyridine rings is 1. The highest BCUT2D eigenvalue weighted by Crippen LogP contribution is 2.18. The second-order valence-electron chi connectivity index (χ2n) is 5.14. The lowest BCUT2D eigenvalue weighted by atomic mass is 10.1. The van der Waals surface area contributed by atoms with Crippen molar-refractivity contribution in [2.24, 2.45) is 0 Å². The number of carbonyl (C=O) groups is 2. The van der Waals surface area contributed by atoms with Crippen molar-refractivity contribution in [2.75, 3.05) is 13.2 Å². The summed E-state index contributed by atoms with van der Waals surface area (Å²) < 4.78 is 6.46. The maximum Gasteiger partial charge on any atom is 0.325 e. The summed E-state index contributed by atoms with van der Waals surface area (Å²) in [7, 11) is 0. The Hall–Kier alpha value is -2.90. The number of aromatic nitrogens is 3. The van der Waals surface area contributed by atoms with Crippen LogP contribution in [0.2, 0.25) is 0 Å². The van der Waals surface area contributed by atoms with E-state index in [2.05, 4.69) is 20.7 Å². The monoisotopic (exact) mass is 331 g/mol. The summed E-state index contributed by atoms with van der Waals surface area (Å²) in [5.74, 6) is 0.236. The molecule has 2 rings (SSSR count). The third-order valence-corrected chi connectivity index (χ3v) is 3.43. The highest BCUT2D eigenvalue weighted by Gasteiger charge is 2.17. The van der Waals surface area contributed by atoms with Gasteiger partial charge in [-0.2, -0.15) is 5.10 Å². The van der Waals surface area contributed by atoms with Crippen LogP contribution in [0.4, 0.5) is 4.79 Å². The standard InChI is InChI=1S/C16H21N5O3/c1-4-24-15(22)10-18-16(23)20-11(2)13-9-19-21(12(13)3)14-7-5-6-8-17-14/h5-9,11H,4,10H2,1-3H3,(H2,18,20,23)/t11-/m0/s1. The van der Waals surface area contributed by atoms with Crippen molar-refractivity contribution in [3.8, 4) is 5.82 Å². The second-order valence-corrected chi connectivity index (χ2v) is 5.14. The van der Waals surface area contributed by atoms with E-state index in [1.165, 1.54) is 0 Å². The molecule has 0 aliphatic rings. The molecule has 1 atom stereocenters. The molecule has 2 amide bonds. The van der Waals surface area contributed by atoms with Crippen molar-refractivity contribution in [2.45, 2.75) is 26.8 Å². The van der Waals surface area contributed by atoms with Crippen LogP contribution in [0.15, 0.2) is 30.6 Å². The Morgan fingerprint density at radius 1 is 1.38 bits per heavy atom. The summed E-state index contributed by atoms with van der Waals surface area (Å²) in [6, 6.07) is 4.85. The van der Waals surface area contributed by atoms with Gasteiger partial charge in [-0.1, -0.05) is 6.07 Å². The largest absolute Gasteiger partial charge is 0.465 e. The number of hydrogen-bond donors (Lipinski definition) is 2. The summed E-state index contributed by atoms with van der Waals surface area (Å²) in [4.78, 5) is 27.3. The quantitative estimate of drug-likeness (QED) is 0.782. The fourth-order valence-corrected chi connectivity index (χ4v) is 2.25. The molecular weight excluding hydrogens is 310 g/mol. The molecule has 0 aliphatic heterocycles. The molecule has 0 saturated heterocycles. The van der Waals surface area contributed by atoms with Gasteiger partial charge in [0.1, 0.15) is 6.54 Å². The predicted molar refractivity (Wildman–Crippen MR) is 87.7 cm³/mol. The fraction of sp³-hybridized carbons (Fsp3) is 0.375. The van der Waals surface area contributed by atoms with Crippen LogP contribution in [-0.4, -0.2) is 39.9 Å². The van der Waals surface area contributed by atoms with Crippen molar-refractivity contribution in [3.05, 3.63) is 41.9 Å². The van der Waals surface area contributed by atoms with Gasteiger partial charge in [-0.3, -0.25) is 4.79 Å². The van der Waals surface area contributed by atoms with E-state index in [0.29, 0.717) is 5.82 Å². The van der Waals surface area contributed by atoms with E-state index in [0.717, 1.165) is 11.3 Å².